The molecule has 1 N–H and O–H groups in total. The Labute approximate surface area is 77.0 Å². The van der Waals surface area contributed by atoms with Crippen LogP contribution < -0.4 is 4.74 Å². The van der Waals surface area contributed by atoms with Crippen LogP contribution in [-0.2, 0) is 4.74 Å². The van der Waals surface area contributed by atoms with Gasteiger partial charge < -0.3 is 9.47 Å². The third-order valence-corrected chi connectivity index (χ3v) is 1.25. The van der Waals surface area contributed by atoms with Crippen LogP contribution in [0.15, 0.2) is 0 Å². The second-order valence-electron chi connectivity index (χ2n) is 1.82. The quantitative estimate of drug-likeness (QED) is 0.552. The lowest BCUT2D eigenvalue weighted by molar-refractivity contribution is 0.106. The molecule has 1 aromatic heterocycles. The van der Waals surface area contributed by atoms with Crippen molar-refractivity contribution in [2.45, 2.75) is 0 Å². The van der Waals surface area contributed by atoms with Gasteiger partial charge in [0.2, 0.25) is 0 Å². The van der Waals surface area contributed by atoms with Crippen molar-refractivity contribution in [2.75, 3.05) is 7.11 Å². The molecule has 0 aliphatic carbocycles. The summed E-state index contributed by atoms with van der Waals surface area (Å²) in [4.78, 5) is 21.2. The minimum absolute atomic E-state index is 0.202. The highest BCUT2D eigenvalue weighted by Gasteiger charge is 2.17. The number of H-pyrrole nitrogens is 1. The van der Waals surface area contributed by atoms with Crippen LogP contribution in [0.2, 0.25) is 0 Å². The van der Waals surface area contributed by atoms with Gasteiger partial charge in [0.15, 0.2) is 5.69 Å². The monoisotopic (exact) mass is 205 g/mol. The number of hydrogen-bond donors (Lipinski definition) is 1. The van der Waals surface area contributed by atoms with Gasteiger partial charge in [-0.15, -0.1) is 0 Å². The Balaban J connectivity index is 2.82. The summed E-state index contributed by atoms with van der Waals surface area (Å²) in [5.41, 5.74) is -0.202. The Morgan fingerprint density at radius 3 is 2.77 bits per heavy atom. The number of hydrogen-bond acceptors (Lipinski definition) is 6. The molecule has 0 radical (unpaired) electrons. The number of aromatic nitrogens is 3. The first kappa shape index (κ1) is 9.46. The van der Waals surface area contributed by atoms with Gasteiger partial charge in [0, 0.05) is 0 Å². The van der Waals surface area contributed by atoms with E-state index in [-0.39, 0.29) is 11.6 Å². The van der Waals surface area contributed by atoms with E-state index in [1.54, 1.807) is 0 Å². The summed E-state index contributed by atoms with van der Waals surface area (Å²) in [5.74, 6) is -0.313. The van der Waals surface area contributed by atoms with E-state index in [2.05, 4.69) is 24.9 Å². The van der Waals surface area contributed by atoms with E-state index in [1.807, 2.05) is 0 Å². The summed E-state index contributed by atoms with van der Waals surface area (Å²) in [5, 5.41) is 7.81. The van der Waals surface area contributed by atoms with E-state index in [9.17, 15) is 9.59 Å². The van der Waals surface area contributed by atoms with E-state index >= 15 is 0 Å². The van der Waals surface area contributed by atoms with Crippen molar-refractivity contribution in [3.63, 3.8) is 0 Å². The smallest absolute Gasteiger partial charge is 0.437 e. The molecular weight excluding hydrogens is 202 g/mol. The Hall–Kier alpha value is -1.63. The van der Waals surface area contributed by atoms with Crippen LogP contribution in [0.4, 0.5) is 4.79 Å². The van der Waals surface area contributed by atoms with Crippen LogP contribution in [0.1, 0.15) is 10.5 Å². The molecule has 13 heavy (non-hydrogen) atoms. The van der Waals surface area contributed by atoms with Crippen molar-refractivity contribution in [3.05, 3.63) is 5.69 Å². The minimum Gasteiger partial charge on any atom is -0.437 e. The number of aromatic amines is 1. The fourth-order valence-electron chi connectivity index (χ4n) is 0.538. The molecule has 7 nitrogen and oxygen atoms in total. The predicted octanol–water partition coefficient (Wildman–Crippen LogP) is 0.329. The zero-order chi connectivity index (χ0) is 9.84. The molecule has 0 fully saturated rings. The minimum atomic E-state index is -1.01. The van der Waals surface area contributed by atoms with Crippen molar-refractivity contribution >= 4 is 23.0 Å². The predicted molar refractivity (Wildman–Crippen MR) is 39.6 cm³/mol. The maximum Gasteiger partial charge on any atom is 0.515 e. The summed E-state index contributed by atoms with van der Waals surface area (Å²) in [6.07, 6.45) is -1.01. The van der Waals surface area contributed by atoms with Crippen molar-refractivity contribution < 1.29 is 19.1 Å². The molecule has 0 amide bonds. The number of ether oxygens (including phenoxy) is 2. The second kappa shape index (κ2) is 3.85. The Morgan fingerprint density at radius 2 is 2.23 bits per heavy atom. The van der Waals surface area contributed by atoms with Crippen molar-refractivity contribution in [1.29, 1.82) is 0 Å². The lowest BCUT2D eigenvalue weighted by atomic mass is 10.5. The average molecular weight is 206 g/mol. The van der Waals surface area contributed by atoms with E-state index < -0.39 is 11.4 Å². The van der Waals surface area contributed by atoms with Gasteiger partial charge in [-0.1, -0.05) is 10.3 Å². The first-order valence-corrected chi connectivity index (χ1v) is 3.39. The number of methoxy groups -OCH3 is 1. The van der Waals surface area contributed by atoms with Crippen LogP contribution in [0.5, 0.6) is 5.88 Å². The fraction of sp³-hybridized carbons (Fsp3) is 0.200. The number of nitrogens with one attached hydrogen (secondary N) is 1. The van der Waals surface area contributed by atoms with Gasteiger partial charge in [0.05, 0.1) is 7.11 Å². The van der Waals surface area contributed by atoms with Crippen LogP contribution >= 0.6 is 11.6 Å². The van der Waals surface area contributed by atoms with Crippen LogP contribution in [0, 0.1) is 0 Å². The second-order valence-corrected chi connectivity index (χ2v) is 2.17. The van der Waals surface area contributed by atoms with Gasteiger partial charge >= 0.3 is 6.16 Å². The molecule has 1 rings (SSSR count). The number of carbonyl (C=O) groups excluding carboxylic acids is 2. The highest BCUT2D eigenvalue weighted by atomic mass is 35.5. The van der Waals surface area contributed by atoms with Crippen LogP contribution in [0.3, 0.4) is 0 Å². The van der Waals surface area contributed by atoms with Gasteiger partial charge in [0.1, 0.15) is 0 Å². The molecule has 70 valence electrons. The van der Waals surface area contributed by atoms with Gasteiger partial charge in [-0.25, -0.2) is 9.89 Å². The normalized spacial score (nSPS) is 9.38. The highest BCUT2D eigenvalue weighted by molar-refractivity contribution is 6.67. The number of halogens is 1. The van der Waals surface area contributed by atoms with E-state index in [0.717, 1.165) is 7.11 Å². The van der Waals surface area contributed by atoms with E-state index in [1.165, 1.54) is 0 Å². The maximum absolute atomic E-state index is 10.6. The molecule has 0 aliphatic rings. The maximum atomic E-state index is 10.6. The molecule has 1 aromatic rings. The lowest BCUT2D eigenvalue weighted by Crippen LogP contribution is -2.09. The molecule has 0 unspecified atom stereocenters. The number of nitrogens with zero attached hydrogens (tertiary/aromatic N) is 2. The van der Waals surface area contributed by atoms with E-state index in [0.29, 0.717) is 0 Å². The third kappa shape index (κ3) is 2.15. The molecule has 8 heteroatoms. The zero-order valence-electron chi connectivity index (χ0n) is 6.41. The summed E-state index contributed by atoms with van der Waals surface area (Å²) >= 11 is 5.09. The van der Waals surface area contributed by atoms with Crippen molar-refractivity contribution in [3.8, 4) is 5.88 Å². The molecule has 1 heterocycles. The molecule has 0 spiro atoms. The standard InChI is InChI=1S/C5H4ClN3O4/c1-12-5(11)13-4-2(3(6)10)7-9-8-4/h1H3,(H,7,8,9). The van der Waals surface area contributed by atoms with Crippen molar-refractivity contribution in [1.82, 2.24) is 15.4 Å². The summed E-state index contributed by atoms with van der Waals surface area (Å²) in [6, 6.07) is 0. The van der Waals surface area contributed by atoms with E-state index in [4.69, 9.17) is 11.6 Å². The van der Waals surface area contributed by atoms with Gasteiger partial charge in [-0.05, 0) is 11.6 Å². The topological polar surface area (TPSA) is 94.2 Å². The highest BCUT2D eigenvalue weighted by Crippen LogP contribution is 2.13. The fourth-order valence-corrected chi connectivity index (χ4v) is 0.661. The summed E-state index contributed by atoms with van der Waals surface area (Å²) in [7, 11) is 1.12. The number of carbonyl (C=O) groups is 2. The summed E-state index contributed by atoms with van der Waals surface area (Å²) in [6.45, 7) is 0. The van der Waals surface area contributed by atoms with Gasteiger partial charge in [-0.2, -0.15) is 0 Å². The SMILES string of the molecule is COC(=O)Oc1nn[nH]c1C(=O)Cl. The summed E-state index contributed by atoms with van der Waals surface area (Å²) < 4.78 is 8.59. The molecule has 0 atom stereocenters. The lowest BCUT2D eigenvalue weighted by Gasteiger charge is -1.97. The van der Waals surface area contributed by atoms with Crippen LogP contribution in [0.25, 0.3) is 0 Å². The molecule has 0 saturated heterocycles. The zero-order valence-corrected chi connectivity index (χ0v) is 7.16. The van der Waals surface area contributed by atoms with Crippen molar-refractivity contribution in [2.24, 2.45) is 0 Å². The molecule has 0 bridgehead atoms. The molecule has 0 saturated carbocycles. The first-order valence-electron chi connectivity index (χ1n) is 3.02. The van der Waals surface area contributed by atoms with Crippen LogP contribution in [-0.4, -0.2) is 33.9 Å². The average Bonchev–Trinajstić information content (AvgIpc) is 2.52. The number of rotatable bonds is 2. The molecular formula is C5H4ClN3O4. The van der Waals surface area contributed by atoms with Gasteiger partial charge in [0.25, 0.3) is 11.1 Å². The molecule has 0 aliphatic heterocycles. The largest absolute Gasteiger partial charge is 0.515 e. The Kier molecular flexibility index (Phi) is 2.80. The Bertz CT molecular complexity index is 336. The van der Waals surface area contributed by atoms with Gasteiger partial charge in [-0.3, -0.25) is 4.79 Å². The Morgan fingerprint density at radius 1 is 1.54 bits per heavy atom. The third-order valence-electron chi connectivity index (χ3n) is 1.06. The molecule has 0 aromatic carbocycles. The first-order chi connectivity index (χ1) is 6.15.